The predicted octanol–water partition coefficient (Wildman–Crippen LogP) is 2.19. The molecule has 1 aromatic carbocycles. The first kappa shape index (κ1) is 9.11. The number of fused-ring (bicyclic) bond motifs is 1. The summed E-state index contributed by atoms with van der Waals surface area (Å²) in [6.45, 7) is -3.28. The van der Waals surface area contributed by atoms with E-state index in [1.165, 1.54) is 6.07 Å². The molecule has 1 aromatic heterocycles. The minimum Gasteiger partial charge on any atom is -0.445 e. The Kier molecular flexibility index (Phi) is 1.80. The lowest BCUT2D eigenvalue weighted by molar-refractivity contribution is 0.450. The van der Waals surface area contributed by atoms with Crippen LogP contribution in [-0.2, 0) is 0 Å². The van der Waals surface area contributed by atoms with Gasteiger partial charge < -0.3 is 17.5 Å². The molecular weight excluding hydrogens is 194 g/mol. The van der Waals surface area contributed by atoms with Crippen molar-refractivity contribution >= 4 is 23.4 Å². The summed E-state index contributed by atoms with van der Waals surface area (Å²) in [5, 5.41) is 4.20. The summed E-state index contributed by atoms with van der Waals surface area (Å²) in [5.74, 6) is 0. The maximum atomic E-state index is 12.3. The number of nitrogens with zero attached hydrogens (tertiary/aromatic N) is 1. The van der Waals surface area contributed by atoms with Crippen LogP contribution in [0, 0.1) is 6.92 Å². The smallest absolute Gasteiger partial charge is 0.445 e. The first-order valence-corrected chi connectivity index (χ1v) is 4.04. The molecule has 0 amide bonds. The van der Waals surface area contributed by atoms with E-state index in [4.69, 9.17) is 4.52 Å². The molecule has 14 heavy (non-hydrogen) atoms. The van der Waals surface area contributed by atoms with Gasteiger partial charge in [-0.05, 0) is 13.0 Å². The van der Waals surface area contributed by atoms with Crippen LogP contribution in [0.5, 0.6) is 0 Å². The van der Waals surface area contributed by atoms with Crippen molar-refractivity contribution in [3.05, 3.63) is 23.9 Å². The van der Waals surface area contributed by atoms with Gasteiger partial charge in [-0.2, -0.15) is 0 Å². The van der Waals surface area contributed by atoms with E-state index in [1.54, 1.807) is 6.92 Å². The zero-order chi connectivity index (χ0) is 10.3. The van der Waals surface area contributed by atoms with E-state index in [2.05, 4.69) is 5.16 Å². The Morgan fingerprint density at radius 3 is 2.64 bits per heavy atom. The molecule has 2 rings (SSSR count). The van der Waals surface area contributed by atoms with E-state index >= 15 is 0 Å². The molecule has 0 aliphatic heterocycles. The molecule has 0 bridgehead atoms. The van der Waals surface area contributed by atoms with E-state index in [0.717, 1.165) is 12.1 Å². The van der Waals surface area contributed by atoms with Gasteiger partial charge in [-0.3, -0.25) is 0 Å². The topological polar surface area (TPSA) is 26.0 Å². The molecule has 0 aliphatic rings. The van der Waals surface area contributed by atoms with E-state index in [1.807, 2.05) is 0 Å². The second-order valence-electron chi connectivity index (χ2n) is 3.10. The third kappa shape index (κ3) is 1.36. The van der Waals surface area contributed by atoms with E-state index in [-0.39, 0.29) is 5.58 Å². The van der Waals surface area contributed by atoms with Crippen LogP contribution < -0.4 is 5.46 Å². The summed E-state index contributed by atoms with van der Waals surface area (Å²) in [5.41, 5.74) is 0.120. The lowest BCUT2D eigenvalue weighted by Crippen LogP contribution is -2.33. The lowest BCUT2D eigenvalue weighted by Gasteiger charge is -2.13. The van der Waals surface area contributed by atoms with Gasteiger partial charge in [0.1, 0.15) is 0 Å². The Balaban J connectivity index is 2.63. The van der Waals surface area contributed by atoms with E-state index in [9.17, 15) is 12.9 Å². The summed E-state index contributed by atoms with van der Waals surface area (Å²) >= 11 is 0. The zero-order valence-corrected chi connectivity index (χ0v) is 7.30. The summed E-state index contributed by atoms with van der Waals surface area (Å²) in [6, 6.07) is 3.41. The number of aryl methyl sites for hydroxylation is 1. The van der Waals surface area contributed by atoms with E-state index < -0.39 is 12.4 Å². The molecule has 0 saturated heterocycles. The van der Waals surface area contributed by atoms with Gasteiger partial charge in [0, 0.05) is 5.39 Å². The first-order chi connectivity index (χ1) is 6.48. The molecule has 0 spiro atoms. The molecule has 0 unspecified atom stereocenters. The van der Waals surface area contributed by atoms with Crippen LogP contribution in [0.3, 0.4) is 0 Å². The second-order valence-corrected chi connectivity index (χ2v) is 3.10. The molecule has 2 nitrogen and oxygen atoms in total. The van der Waals surface area contributed by atoms with Gasteiger partial charge in [-0.15, -0.1) is 5.46 Å². The number of hydrogen-bond acceptors (Lipinski definition) is 2. The van der Waals surface area contributed by atoms with Crippen LogP contribution in [-0.4, -0.2) is 12.1 Å². The third-order valence-electron chi connectivity index (χ3n) is 2.05. The first-order valence-electron chi connectivity index (χ1n) is 4.04. The fourth-order valence-corrected chi connectivity index (χ4v) is 1.28. The van der Waals surface area contributed by atoms with Gasteiger partial charge in [-0.1, -0.05) is 17.3 Å². The number of aromatic nitrogens is 1. The minimum absolute atomic E-state index is 0.180. The van der Waals surface area contributed by atoms with Crippen molar-refractivity contribution in [2.75, 3.05) is 0 Å². The van der Waals surface area contributed by atoms with Crippen LogP contribution in [0.2, 0.25) is 0 Å². The van der Waals surface area contributed by atoms with Gasteiger partial charge >= 0.3 is 6.98 Å². The molecule has 1 heterocycles. The Morgan fingerprint density at radius 1 is 1.29 bits per heavy atom. The Bertz CT molecular complexity index is 477. The molecule has 0 radical (unpaired) electrons. The van der Waals surface area contributed by atoms with Gasteiger partial charge in [0.2, 0.25) is 0 Å². The van der Waals surface area contributed by atoms with Crippen molar-refractivity contribution in [2.24, 2.45) is 0 Å². The fraction of sp³-hybridized carbons (Fsp3) is 0.125. The summed E-state index contributed by atoms with van der Waals surface area (Å²) in [7, 11) is 0. The Morgan fingerprint density at radius 2 is 2.00 bits per heavy atom. The molecule has 6 heteroatoms. The van der Waals surface area contributed by atoms with Gasteiger partial charge in [0.15, 0.2) is 5.58 Å². The second kappa shape index (κ2) is 2.77. The van der Waals surface area contributed by atoms with Crippen LogP contribution >= 0.6 is 0 Å². The van der Waals surface area contributed by atoms with Crippen LogP contribution in [0.4, 0.5) is 12.9 Å². The third-order valence-corrected chi connectivity index (χ3v) is 2.05. The lowest BCUT2D eigenvalue weighted by atomic mass is 9.80. The standard InChI is InChI=1S/C8H6BF3NO/c1-5-7-3-2-6(9(10,11)12)4-8(7)14-13-5/h2-4H,1H3/q-1. The summed E-state index contributed by atoms with van der Waals surface area (Å²) in [4.78, 5) is 0. The fourth-order valence-electron chi connectivity index (χ4n) is 1.28. The van der Waals surface area contributed by atoms with Crippen molar-refractivity contribution in [1.82, 2.24) is 5.16 Å². The SMILES string of the molecule is Cc1noc2cc([B-](F)(F)F)ccc12. The van der Waals surface area contributed by atoms with Crippen LogP contribution in [0.1, 0.15) is 5.69 Å². The van der Waals surface area contributed by atoms with Gasteiger partial charge in [0.05, 0.1) is 5.69 Å². The predicted molar refractivity (Wildman–Crippen MR) is 47.5 cm³/mol. The number of hydrogen-bond donors (Lipinski definition) is 0. The Hall–Kier alpha value is -1.46. The molecule has 0 N–H and O–H groups in total. The highest BCUT2D eigenvalue weighted by Crippen LogP contribution is 2.18. The Labute approximate surface area is 77.7 Å². The van der Waals surface area contributed by atoms with Crippen molar-refractivity contribution in [3.8, 4) is 0 Å². The van der Waals surface area contributed by atoms with Crippen molar-refractivity contribution in [3.63, 3.8) is 0 Å². The maximum Gasteiger partial charge on any atom is 0.509 e. The minimum atomic E-state index is -4.96. The van der Waals surface area contributed by atoms with Gasteiger partial charge in [-0.25, -0.2) is 0 Å². The average Bonchev–Trinajstić information content (AvgIpc) is 2.46. The van der Waals surface area contributed by atoms with Gasteiger partial charge in [0.25, 0.3) is 0 Å². The number of benzene rings is 1. The summed E-state index contributed by atoms with van der Waals surface area (Å²) < 4.78 is 41.7. The van der Waals surface area contributed by atoms with Crippen molar-refractivity contribution in [2.45, 2.75) is 6.92 Å². The molecule has 2 aromatic rings. The van der Waals surface area contributed by atoms with E-state index in [0.29, 0.717) is 11.1 Å². The quantitative estimate of drug-likeness (QED) is 0.659. The maximum absolute atomic E-state index is 12.3. The van der Waals surface area contributed by atoms with Crippen molar-refractivity contribution in [1.29, 1.82) is 0 Å². The van der Waals surface area contributed by atoms with Crippen LogP contribution in [0.25, 0.3) is 11.0 Å². The number of rotatable bonds is 1. The molecule has 0 aliphatic carbocycles. The highest BCUT2D eigenvalue weighted by atomic mass is 19.4. The highest BCUT2D eigenvalue weighted by molar-refractivity contribution is 6.73. The summed E-state index contributed by atoms with van der Waals surface area (Å²) in [6.07, 6.45) is 0. The molecular formula is C8H6BF3NO-. The molecule has 0 atom stereocenters. The molecule has 74 valence electrons. The average molecular weight is 200 g/mol. The zero-order valence-electron chi connectivity index (χ0n) is 7.30. The normalized spacial score (nSPS) is 12.3. The number of halogens is 3. The van der Waals surface area contributed by atoms with Crippen LogP contribution in [0.15, 0.2) is 22.7 Å². The molecule has 0 fully saturated rings. The largest absolute Gasteiger partial charge is 0.509 e. The molecule has 0 saturated carbocycles. The monoisotopic (exact) mass is 200 g/mol. The van der Waals surface area contributed by atoms with Crippen molar-refractivity contribution < 1.29 is 17.5 Å². The highest BCUT2D eigenvalue weighted by Gasteiger charge is 2.26.